The van der Waals surface area contributed by atoms with Gasteiger partial charge in [0, 0.05) is 13.1 Å². The van der Waals surface area contributed by atoms with Gasteiger partial charge < -0.3 is 4.90 Å². The fraction of sp³-hybridized carbons (Fsp3) is 0.538. The Morgan fingerprint density at radius 3 is 2.71 bits per heavy atom. The Hall–Kier alpha value is -0.820. The van der Waals surface area contributed by atoms with Gasteiger partial charge in [0.2, 0.25) is 0 Å². The zero-order chi connectivity index (χ0) is 10.1. The molecule has 1 aliphatic rings. The second kappa shape index (κ2) is 3.74. The molecule has 14 heavy (non-hydrogen) atoms. The van der Waals surface area contributed by atoms with Crippen molar-refractivity contribution in [3.63, 3.8) is 0 Å². The van der Waals surface area contributed by atoms with Crippen LogP contribution >= 0.6 is 0 Å². The second-order valence-electron chi connectivity index (χ2n) is 4.75. The first-order valence-corrected chi connectivity index (χ1v) is 5.45. The molecule has 1 atom stereocenters. The van der Waals surface area contributed by atoms with E-state index in [-0.39, 0.29) is 0 Å². The molecule has 1 heteroatoms. The van der Waals surface area contributed by atoms with E-state index < -0.39 is 0 Å². The van der Waals surface area contributed by atoms with Crippen LogP contribution in [0.2, 0.25) is 0 Å². The fourth-order valence-corrected chi connectivity index (χ4v) is 2.40. The highest BCUT2D eigenvalue weighted by Crippen LogP contribution is 2.32. The fourth-order valence-electron chi connectivity index (χ4n) is 2.40. The highest BCUT2D eigenvalue weighted by molar-refractivity contribution is 5.33. The molecule has 0 aromatic heterocycles. The van der Waals surface area contributed by atoms with E-state index in [0.29, 0.717) is 5.92 Å². The molecule has 1 nitrogen and oxygen atoms in total. The van der Waals surface area contributed by atoms with E-state index in [1.54, 1.807) is 5.56 Å². The summed E-state index contributed by atoms with van der Waals surface area (Å²) >= 11 is 0. The Bertz CT molecular complexity index is 317. The number of likely N-dealkylation sites (N-methyl/N-ethyl adjacent to an activating group) is 1. The molecule has 0 bridgehead atoms. The first-order valence-electron chi connectivity index (χ1n) is 5.45. The molecule has 0 N–H and O–H groups in total. The molecule has 1 aliphatic heterocycles. The molecule has 2 rings (SSSR count). The van der Waals surface area contributed by atoms with E-state index in [4.69, 9.17) is 0 Å². The molecule has 1 aromatic rings. The molecule has 0 amide bonds. The van der Waals surface area contributed by atoms with E-state index in [9.17, 15) is 0 Å². The van der Waals surface area contributed by atoms with Gasteiger partial charge in [0.05, 0.1) is 0 Å². The van der Waals surface area contributed by atoms with Gasteiger partial charge in [0.25, 0.3) is 0 Å². The lowest BCUT2D eigenvalue weighted by atomic mass is 9.83. The molecule has 1 heterocycles. The molecule has 76 valence electrons. The standard InChI is InChI=1S/C13H19N/c1-10(2)13-9-14(3)8-11-6-4-5-7-12(11)13/h4-7,10,13H,8-9H2,1-3H3. The Labute approximate surface area is 86.7 Å². The van der Waals surface area contributed by atoms with E-state index in [1.165, 1.54) is 12.1 Å². The van der Waals surface area contributed by atoms with E-state index in [0.717, 1.165) is 12.5 Å². The van der Waals surface area contributed by atoms with Crippen LogP contribution in [0.3, 0.4) is 0 Å². The van der Waals surface area contributed by atoms with Crippen LogP contribution in [0.15, 0.2) is 24.3 Å². The van der Waals surface area contributed by atoms with Gasteiger partial charge in [-0.1, -0.05) is 38.1 Å². The van der Waals surface area contributed by atoms with Gasteiger partial charge in [-0.2, -0.15) is 0 Å². The van der Waals surface area contributed by atoms with Crippen LogP contribution in [-0.4, -0.2) is 18.5 Å². The third-order valence-electron chi connectivity index (χ3n) is 3.21. The minimum atomic E-state index is 0.713. The summed E-state index contributed by atoms with van der Waals surface area (Å²) in [4.78, 5) is 2.42. The molecule has 1 aromatic carbocycles. The maximum atomic E-state index is 2.42. The predicted molar refractivity (Wildman–Crippen MR) is 60.4 cm³/mol. The lowest BCUT2D eigenvalue weighted by Gasteiger charge is -2.34. The number of hydrogen-bond donors (Lipinski definition) is 0. The van der Waals surface area contributed by atoms with Gasteiger partial charge in [0.15, 0.2) is 0 Å². The number of hydrogen-bond acceptors (Lipinski definition) is 1. The second-order valence-corrected chi connectivity index (χ2v) is 4.75. The summed E-state index contributed by atoms with van der Waals surface area (Å²) in [6, 6.07) is 8.88. The predicted octanol–water partition coefficient (Wildman–Crippen LogP) is 2.87. The lowest BCUT2D eigenvalue weighted by molar-refractivity contribution is 0.253. The molecule has 0 aliphatic carbocycles. The van der Waals surface area contributed by atoms with Crippen LogP contribution in [0, 0.1) is 5.92 Å². The van der Waals surface area contributed by atoms with Crippen molar-refractivity contribution in [3.8, 4) is 0 Å². The highest BCUT2D eigenvalue weighted by atomic mass is 15.1. The number of rotatable bonds is 1. The average molecular weight is 189 g/mol. The normalized spacial score (nSPS) is 22.4. The summed E-state index contributed by atoms with van der Waals surface area (Å²) in [6.45, 7) is 6.95. The Kier molecular flexibility index (Phi) is 2.60. The van der Waals surface area contributed by atoms with Crippen molar-refractivity contribution in [1.29, 1.82) is 0 Å². The summed E-state index contributed by atoms with van der Waals surface area (Å²) in [5, 5.41) is 0. The minimum absolute atomic E-state index is 0.713. The molecular weight excluding hydrogens is 170 g/mol. The molecule has 0 radical (unpaired) electrons. The summed E-state index contributed by atoms with van der Waals surface area (Å²) < 4.78 is 0. The quantitative estimate of drug-likeness (QED) is 0.656. The zero-order valence-corrected chi connectivity index (χ0v) is 9.33. The topological polar surface area (TPSA) is 3.24 Å². The van der Waals surface area contributed by atoms with E-state index in [1.807, 2.05) is 0 Å². The van der Waals surface area contributed by atoms with Crippen LogP contribution in [0.4, 0.5) is 0 Å². The van der Waals surface area contributed by atoms with Crippen molar-refractivity contribution >= 4 is 0 Å². The van der Waals surface area contributed by atoms with Gasteiger partial charge in [-0.3, -0.25) is 0 Å². The van der Waals surface area contributed by atoms with Gasteiger partial charge in [-0.15, -0.1) is 0 Å². The Balaban J connectivity index is 2.38. The van der Waals surface area contributed by atoms with Crippen LogP contribution < -0.4 is 0 Å². The number of benzene rings is 1. The summed E-state index contributed by atoms with van der Waals surface area (Å²) in [6.07, 6.45) is 0. The molecular formula is C13H19N. The SMILES string of the molecule is CC(C)C1CN(C)Cc2ccccc21. The first kappa shape index (κ1) is 9.72. The highest BCUT2D eigenvalue weighted by Gasteiger charge is 2.24. The maximum absolute atomic E-state index is 2.42. The van der Waals surface area contributed by atoms with Crippen LogP contribution in [-0.2, 0) is 6.54 Å². The van der Waals surface area contributed by atoms with Crippen molar-refractivity contribution in [2.45, 2.75) is 26.3 Å². The largest absolute Gasteiger partial charge is 0.301 e. The minimum Gasteiger partial charge on any atom is -0.301 e. The van der Waals surface area contributed by atoms with Crippen molar-refractivity contribution in [3.05, 3.63) is 35.4 Å². The van der Waals surface area contributed by atoms with Crippen molar-refractivity contribution in [2.75, 3.05) is 13.6 Å². The molecule has 1 unspecified atom stereocenters. The third-order valence-corrected chi connectivity index (χ3v) is 3.21. The van der Waals surface area contributed by atoms with Crippen LogP contribution in [0.1, 0.15) is 30.9 Å². The van der Waals surface area contributed by atoms with Gasteiger partial charge in [-0.25, -0.2) is 0 Å². The van der Waals surface area contributed by atoms with E-state index in [2.05, 4.69) is 50.1 Å². The van der Waals surface area contributed by atoms with Crippen molar-refractivity contribution < 1.29 is 0 Å². The van der Waals surface area contributed by atoms with Crippen LogP contribution in [0.25, 0.3) is 0 Å². The average Bonchev–Trinajstić information content (AvgIpc) is 2.16. The first-order chi connectivity index (χ1) is 6.68. The van der Waals surface area contributed by atoms with Gasteiger partial charge >= 0.3 is 0 Å². The van der Waals surface area contributed by atoms with E-state index >= 15 is 0 Å². The smallest absolute Gasteiger partial charge is 0.0233 e. The van der Waals surface area contributed by atoms with Gasteiger partial charge in [-0.05, 0) is 30.0 Å². The van der Waals surface area contributed by atoms with Crippen molar-refractivity contribution in [1.82, 2.24) is 4.90 Å². The lowest BCUT2D eigenvalue weighted by Crippen LogP contribution is -2.32. The number of nitrogens with zero attached hydrogens (tertiary/aromatic N) is 1. The Morgan fingerprint density at radius 2 is 2.00 bits per heavy atom. The summed E-state index contributed by atoms with van der Waals surface area (Å²) in [5.41, 5.74) is 3.08. The molecule has 0 spiro atoms. The summed E-state index contributed by atoms with van der Waals surface area (Å²) in [7, 11) is 2.21. The van der Waals surface area contributed by atoms with Gasteiger partial charge in [0.1, 0.15) is 0 Å². The zero-order valence-electron chi connectivity index (χ0n) is 9.33. The summed E-state index contributed by atoms with van der Waals surface area (Å²) in [5.74, 6) is 1.45. The van der Waals surface area contributed by atoms with Crippen molar-refractivity contribution in [2.24, 2.45) is 5.92 Å². The van der Waals surface area contributed by atoms with Crippen LogP contribution in [0.5, 0.6) is 0 Å². The molecule has 0 saturated heterocycles. The monoisotopic (exact) mass is 189 g/mol. The third kappa shape index (κ3) is 1.69. The molecule has 0 fully saturated rings. The Morgan fingerprint density at radius 1 is 1.29 bits per heavy atom. The maximum Gasteiger partial charge on any atom is 0.0233 e. The molecule has 0 saturated carbocycles. The number of fused-ring (bicyclic) bond motifs is 1.